The van der Waals surface area contributed by atoms with Gasteiger partial charge in [0.15, 0.2) is 5.16 Å². The number of thioether (sulfide) groups is 1. The van der Waals surface area contributed by atoms with E-state index < -0.39 is 0 Å². The molecule has 0 radical (unpaired) electrons. The van der Waals surface area contributed by atoms with E-state index in [1.54, 1.807) is 25.3 Å². The molecular weight excluding hydrogens is 324 g/mol. The largest absolute Gasteiger partial charge is 0.481 e. The molecule has 0 bridgehead atoms. The van der Waals surface area contributed by atoms with Crippen molar-refractivity contribution in [1.29, 1.82) is 0 Å². The van der Waals surface area contributed by atoms with Crippen LogP contribution in [-0.2, 0) is 7.05 Å². The molecule has 0 aliphatic heterocycles. The van der Waals surface area contributed by atoms with Crippen LogP contribution in [0.15, 0.2) is 35.7 Å². The van der Waals surface area contributed by atoms with Crippen LogP contribution in [0.4, 0.5) is 0 Å². The van der Waals surface area contributed by atoms with Gasteiger partial charge in [-0.2, -0.15) is 0 Å². The fraction of sp³-hybridized carbons (Fsp3) is 0.471. The first-order valence-electron chi connectivity index (χ1n) is 8.11. The van der Waals surface area contributed by atoms with Crippen molar-refractivity contribution in [2.75, 3.05) is 7.11 Å². The van der Waals surface area contributed by atoms with E-state index in [-0.39, 0.29) is 11.9 Å². The van der Waals surface area contributed by atoms with E-state index in [4.69, 9.17) is 4.74 Å². The van der Waals surface area contributed by atoms with Crippen molar-refractivity contribution >= 4 is 17.7 Å². The van der Waals surface area contributed by atoms with Crippen molar-refractivity contribution in [2.24, 2.45) is 7.05 Å². The zero-order valence-corrected chi connectivity index (χ0v) is 14.8. The number of imidazole rings is 1. The Balaban J connectivity index is 1.50. The van der Waals surface area contributed by atoms with Gasteiger partial charge in [0.1, 0.15) is 5.69 Å². The quantitative estimate of drug-likeness (QED) is 0.901. The third-order valence-corrected chi connectivity index (χ3v) is 5.63. The van der Waals surface area contributed by atoms with E-state index in [9.17, 15) is 4.79 Å². The molecule has 128 valence electrons. The predicted octanol–water partition coefficient (Wildman–Crippen LogP) is 2.66. The molecule has 3 rings (SSSR count). The minimum Gasteiger partial charge on any atom is -0.481 e. The zero-order valence-electron chi connectivity index (χ0n) is 13.9. The molecule has 1 aliphatic carbocycles. The van der Waals surface area contributed by atoms with Gasteiger partial charge in [-0.1, -0.05) is 17.8 Å². The Hall–Kier alpha value is -2.02. The van der Waals surface area contributed by atoms with Gasteiger partial charge in [0.05, 0.1) is 7.11 Å². The summed E-state index contributed by atoms with van der Waals surface area (Å²) in [6.07, 6.45) is 7.92. The van der Waals surface area contributed by atoms with Gasteiger partial charge >= 0.3 is 0 Å². The second kappa shape index (κ2) is 7.70. The second-order valence-corrected chi connectivity index (χ2v) is 7.22. The van der Waals surface area contributed by atoms with Crippen LogP contribution in [0, 0.1) is 0 Å². The molecule has 1 fully saturated rings. The summed E-state index contributed by atoms with van der Waals surface area (Å²) in [5.41, 5.74) is 0.402. The average Bonchev–Trinajstić information content (AvgIpc) is 3.01. The van der Waals surface area contributed by atoms with Crippen LogP contribution < -0.4 is 10.1 Å². The molecule has 0 saturated heterocycles. The van der Waals surface area contributed by atoms with Crippen LogP contribution in [0.2, 0.25) is 0 Å². The molecule has 0 unspecified atom stereocenters. The summed E-state index contributed by atoms with van der Waals surface area (Å²) in [5.74, 6) is 0.326. The molecule has 0 aromatic carbocycles. The van der Waals surface area contributed by atoms with E-state index >= 15 is 0 Å². The molecule has 2 aromatic heterocycles. The van der Waals surface area contributed by atoms with Gasteiger partial charge in [0.25, 0.3) is 5.91 Å². The molecule has 1 amide bonds. The minimum absolute atomic E-state index is 0.130. The first-order chi connectivity index (χ1) is 11.7. The lowest BCUT2D eigenvalue weighted by atomic mass is 9.95. The third kappa shape index (κ3) is 4.08. The summed E-state index contributed by atoms with van der Waals surface area (Å²) in [6, 6.07) is 5.43. The maximum absolute atomic E-state index is 12.3. The smallest absolute Gasteiger partial charge is 0.270 e. The maximum atomic E-state index is 12.3. The Labute approximate surface area is 146 Å². The van der Waals surface area contributed by atoms with Crippen molar-refractivity contribution in [3.05, 3.63) is 36.3 Å². The summed E-state index contributed by atoms with van der Waals surface area (Å²) in [5, 5.41) is 4.71. The van der Waals surface area contributed by atoms with Gasteiger partial charge in [-0.25, -0.2) is 9.97 Å². The summed E-state index contributed by atoms with van der Waals surface area (Å²) in [7, 11) is 3.56. The van der Waals surface area contributed by atoms with Gasteiger partial charge in [-0.15, -0.1) is 0 Å². The van der Waals surface area contributed by atoms with Gasteiger partial charge < -0.3 is 14.6 Å². The number of rotatable bonds is 5. The standard InChI is InChI=1S/C17H22N4O2S/c1-21-11-10-18-17(21)24-13-8-6-12(7-9-13)19-16(22)14-4-3-5-15(20-14)23-2/h3-5,10-13H,6-9H2,1-2H3,(H,19,22). The number of ether oxygens (including phenoxy) is 1. The minimum atomic E-state index is -0.130. The maximum Gasteiger partial charge on any atom is 0.270 e. The Bertz CT molecular complexity index is 695. The second-order valence-electron chi connectivity index (χ2n) is 5.95. The summed E-state index contributed by atoms with van der Waals surface area (Å²) >= 11 is 1.83. The van der Waals surface area contributed by atoms with Crippen molar-refractivity contribution in [3.63, 3.8) is 0 Å². The normalized spacial score (nSPS) is 20.6. The number of carbonyl (C=O) groups excluding carboxylic acids is 1. The zero-order chi connectivity index (χ0) is 16.9. The highest BCUT2D eigenvalue weighted by Gasteiger charge is 2.24. The highest BCUT2D eigenvalue weighted by Crippen LogP contribution is 2.32. The Morgan fingerprint density at radius 3 is 2.79 bits per heavy atom. The third-order valence-electron chi connectivity index (χ3n) is 4.22. The number of nitrogens with zero attached hydrogens (tertiary/aromatic N) is 3. The fourth-order valence-electron chi connectivity index (χ4n) is 2.85. The van der Waals surface area contributed by atoms with Gasteiger partial charge in [-0.3, -0.25) is 4.79 Å². The Morgan fingerprint density at radius 2 is 2.12 bits per heavy atom. The van der Waals surface area contributed by atoms with E-state index in [0.717, 1.165) is 30.8 Å². The van der Waals surface area contributed by atoms with Gasteiger partial charge in [0.2, 0.25) is 5.88 Å². The molecule has 2 heterocycles. The van der Waals surface area contributed by atoms with Crippen LogP contribution in [0.25, 0.3) is 0 Å². The lowest BCUT2D eigenvalue weighted by Gasteiger charge is -2.28. The molecule has 24 heavy (non-hydrogen) atoms. The average molecular weight is 346 g/mol. The first-order valence-corrected chi connectivity index (χ1v) is 8.99. The number of pyridine rings is 1. The van der Waals surface area contributed by atoms with Gasteiger partial charge in [-0.05, 0) is 31.7 Å². The number of aromatic nitrogens is 3. The monoisotopic (exact) mass is 346 g/mol. The van der Waals surface area contributed by atoms with Crippen LogP contribution in [0.5, 0.6) is 5.88 Å². The van der Waals surface area contributed by atoms with E-state index in [1.165, 1.54) is 0 Å². The molecule has 2 aromatic rings. The van der Waals surface area contributed by atoms with E-state index in [0.29, 0.717) is 16.8 Å². The number of hydrogen-bond acceptors (Lipinski definition) is 5. The summed E-state index contributed by atoms with van der Waals surface area (Å²) in [6.45, 7) is 0. The number of hydrogen-bond donors (Lipinski definition) is 1. The number of methoxy groups -OCH3 is 1. The lowest BCUT2D eigenvalue weighted by molar-refractivity contribution is 0.0922. The van der Waals surface area contributed by atoms with E-state index in [2.05, 4.69) is 15.3 Å². The Kier molecular flexibility index (Phi) is 5.40. The molecule has 1 saturated carbocycles. The molecule has 1 aliphatic rings. The fourth-order valence-corrected chi connectivity index (χ4v) is 4.01. The van der Waals surface area contributed by atoms with Gasteiger partial charge in [0, 0.05) is 36.8 Å². The molecule has 1 N–H and O–H groups in total. The molecule has 7 heteroatoms. The highest BCUT2D eigenvalue weighted by molar-refractivity contribution is 7.99. The first kappa shape index (κ1) is 16.8. The van der Waals surface area contributed by atoms with Crippen molar-refractivity contribution in [2.45, 2.75) is 42.1 Å². The predicted molar refractivity (Wildman–Crippen MR) is 93.4 cm³/mol. The number of aryl methyl sites for hydroxylation is 1. The summed E-state index contributed by atoms with van der Waals surface area (Å²) in [4.78, 5) is 20.9. The van der Waals surface area contributed by atoms with Crippen LogP contribution in [0.1, 0.15) is 36.2 Å². The Morgan fingerprint density at radius 1 is 1.33 bits per heavy atom. The number of carbonyl (C=O) groups is 1. The van der Waals surface area contributed by atoms with Crippen molar-refractivity contribution < 1.29 is 9.53 Å². The van der Waals surface area contributed by atoms with Crippen molar-refractivity contribution in [1.82, 2.24) is 19.9 Å². The van der Waals surface area contributed by atoms with E-state index in [1.807, 2.05) is 35.8 Å². The SMILES string of the molecule is COc1cccc(C(=O)NC2CCC(Sc3nccn3C)CC2)n1. The van der Waals surface area contributed by atoms with Crippen molar-refractivity contribution in [3.8, 4) is 5.88 Å². The molecule has 0 spiro atoms. The van der Waals surface area contributed by atoms with Crippen LogP contribution in [0.3, 0.4) is 0 Å². The van der Waals surface area contributed by atoms with Crippen LogP contribution >= 0.6 is 11.8 Å². The number of nitrogens with one attached hydrogen (secondary N) is 1. The highest BCUT2D eigenvalue weighted by atomic mass is 32.2. The molecular formula is C17H22N4O2S. The van der Waals surface area contributed by atoms with Crippen LogP contribution in [-0.4, -0.2) is 38.8 Å². The molecule has 6 nitrogen and oxygen atoms in total. The molecule has 0 atom stereocenters. The number of amides is 1. The topological polar surface area (TPSA) is 69.0 Å². The summed E-state index contributed by atoms with van der Waals surface area (Å²) < 4.78 is 7.12. The lowest BCUT2D eigenvalue weighted by Crippen LogP contribution is -2.38.